The van der Waals surface area contributed by atoms with Crippen molar-refractivity contribution in [1.82, 2.24) is 4.90 Å². The predicted molar refractivity (Wildman–Crippen MR) is 175 cm³/mol. The molecule has 10 heteroatoms. The topological polar surface area (TPSA) is 34.2 Å². The molecule has 46 heavy (non-hydrogen) atoms. The number of nitrogens with zero attached hydrogens (tertiary/aromatic N) is 2. The zero-order valence-corrected chi connectivity index (χ0v) is 28.3. The number of piperazine rings is 1. The number of halogens is 5. The van der Waals surface area contributed by atoms with E-state index in [1.54, 1.807) is 13.8 Å². The van der Waals surface area contributed by atoms with Gasteiger partial charge in [-0.25, -0.2) is 13.2 Å². The molecule has 4 rings (SSSR count). The van der Waals surface area contributed by atoms with Gasteiger partial charge < -0.3 is 24.0 Å². The normalized spacial score (nSPS) is 13.3. The zero-order valence-electron chi connectivity index (χ0n) is 28.3. The highest BCUT2D eigenvalue weighted by Gasteiger charge is 2.27. The van der Waals surface area contributed by atoms with Crippen LogP contribution in [0.15, 0.2) is 48.5 Å². The van der Waals surface area contributed by atoms with E-state index in [1.165, 1.54) is 11.3 Å². The van der Waals surface area contributed by atoms with Crippen LogP contribution in [-0.2, 0) is 0 Å². The number of hydrogen-bond donors (Lipinski definition) is 0. The molecule has 0 amide bonds. The second-order valence-electron chi connectivity index (χ2n) is 12.6. The first kappa shape index (κ1) is 38.7. The lowest BCUT2D eigenvalue weighted by molar-refractivity contribution is 0.233. The smallest absolute Gasteiger partial charge is 0.206 e. The van der Waals surface area contributed by atoms with E-state index in [1.807, 2.05) is 12.1 Å². The Bertz CT molecular complexity index is 1280. The summed E-state index contributed by atoms with van der Waals surface area (Å²) in [6, 6.07) is 16.6. The molecular formula is C36H49F5N2O3. The minimum absolute atomic E-state index is 0.102. The van der Waals surface area contributed by atoms with Crippen molar-refractivity contribution in [2.24, 2.45) is 17.8 Å². The molecule has 3 aromatic carbocycles. The first-order valence-corrected chi connectivity index (χ1v) is 15.7. The molecule has 1 aliphatic rings. The first-order valence-electron chi connectivity index (χ1n) is 15.7. The molecule has 0 aromatic heterocycles. The molecule has 0 bridgehead atoms. The van der Waals surface area contributed by atoms with E-state index in [9.17, 15) is 22.0 Å². The molecule has 0 aliphatic carbocycles. The van der Waals surface area contributed by atoms with Gasteiger partial charge >= 0.3 is 0 Å². The predicted octanol–water partition coefficient (Wildman–Crippen LogP) is 8.92. The summed E-state index contributed by atoms with van der Waals surface area (Å²) in [7, 11) is 2.18. The SMILES string of the molecule is CC(C)COc1c(F)c(F)c(F)c(F)c1F.CC(C)COc1ccc(N2CCN(C)CC2)cc1.Cc1ccc(OCC(C)C)cc1. The molecule has 1 saturated heterocycles. The summed E-state index contributed by atoms with van der Waals surface area (Å²) in [5.41, 5.74) is 2.58. The maximum Gasteiger partial charge on any atom is 0.206 e. The van der Waals surface area contributed by atoms with Crippen LogP contribution in [0.2, 0.25) is 0 Å². The Kier molecular flexibility index (Phi) is 16.1. The molecule has 0 N–H and O–H groups in total. The number of likely N-dealkylation sites (N-methyl/N-ethyl adjacent to an activating group) is 1. The number of rotatable bonds is 10. The third-order valence-corrected chi connectivity index (χ3v) is 6.62. The highest BCUT2D eigenvalue weighted by atomic mass is 19.2. The summed E-state index contributed by atoms with van der Waals surface area (Å²) in [5, 5.41) is 0. The Balaban J connectivity index is 0.000000245. The van der Waals surface area contributed by atoms with E-state index < -0.39 is 34.8 Å². The zero-order chi connectivity index (χ0) is 34.4. The van der Waals surface area contributed by atoms with Crippen molar-refractivity contribution in [2.45, 2.75) is 48.5 Å². The van der Waals surface area contributed by atoms with Gasteiger partial charge in [-0.15, -0.1) is 0 Å². The van der Waals surface area contributed by atoms with Gasteiger partial charge in [0.15, 0.2) is 5.75 Å². The Morgan fingerprint density at radius 2 is 0.913 bits per heavy atom. The van der Waals surface area contributed by atoms with Gasteiger partial charge in [-0.05, 0) is 68.1 Å². The number of ether oxygens (including phenoxy) is 3. The molecule has 5 nitrogen and oxygen atoms in total. The van der Waals surface area contributed by atoms with Crippen LogP contribution in [0.4, 0.5) is 27.6 Å². The van der Waals surface area contributed by atoms with E-state index in [0.717, 1.165) is 50.9 Å². The maximum absolute atomic E-state index is 13.0. The number of hydrogen-bond acceptors (Lipinski definition) is 5. The van der Waals surface area contributed by atoms with Crippen LogP contribution in [0, 0.1) is 53.8 Å². The minimum atomic E-state index is -2.19. The third-order valence-electron chi connectivity index (χ3n) is 6.62. The lowest BCUT2D eigenvalue weighted by Gasteiger charge is -2.34. The van der Waals surface area contributed by atoms with Gasteiger partial charge in [-0.2, -0.15) is 8.78 Å². The summed E-state index contributed by atoms with van der Waals surface area (Å²) >= 11 is 0. The van der Waals surface area contributed by atoms with Crippen molar-refractivity contribution < 1.29 is 36.2 Å². The van der Waals surface area contributed by atoms with Crippen molar-refractivity contribution >= 4 is 5.69 Å². The fraction of sp³-hybridized carbons (Fsp3) is 0.500. The maximum atomic E-state index is 13.0. The fourth-order valence-corrected chi connectivity index (χ4v) is 3.94. The summed E-state index contributed by atoms with van der Waals surface area (Å²) in [4.78, 5) is 4.81. The molecule has 1 aliphatic heterocycles. The van der Waals surface area contributed by atoms with Gasteiger partial charge in [0.1, 0.15) is 11.5 Å². The molecule has 3 aromatic rings. The second kappa shape index (κ2) is 19.2. The number of benzene rings is 3. The summed E-state index contributed by atoms with van der Waals surface area (Å²) in [6.45, 7) is 20.0. The Labute approximate surface area is 271 Å². The molecule has 0 saturated carbocycles. The molecule has 0 radical (unpaired) electrons. The molecule has 0 spiro atoms. The first-order chi connectivity index (χ1) is 21.7. The number of anilines is 1. The van der Waals surface area contributed by atoms with E-state index in [4.69, 9.17) is 9.47 Å². The van der Waals surface area contributed by atoms with Crippen LogP contribution in [0.1, 0.15) is 47.1 Å². The van der Waals surface area contributed by atoms with E-state index in [0.29, 0.717) is 11.8 Å². The van der Waals surface area contributed by atoms with Crippen molar-refractivity contribution in [1.29, 1.82) is 0 Å². The molecule has 256 valence electrons. The largest absolute Gasteiger partial charge is 0.493 e. The van der Waals surface area contributed by atoms with Crippen LogP contribution in [0.5, 0.6) is 17.2 Å². The molecule has 1 heterocycles. The minimum Gasteiger partial charge on any atom is -0.493 e. The highest BCUT2D eigenvalue weighted by Crippen LogP contribution is 2.29. The molecular weight excluding hydrogens is 603 g/mol. The quantitative estimate of drug-likeness (QED) is 0.124. The van der Waals surface area contributed by atoms with Crippen LogP contribution >= 0.6 is 0 Å². The van der Waals surface area contributed by atoms with Crippen molar-refractivity contribution in [3.63, 3.8) is 0 Å². The third kappa shape index (κ3) is 13.1. The van der Waals surface area contributed by atoms with Gasteiger partial charge in [0.05, 0.1) is 19.8 Å². The highest BCUT2D eigenvalue weighted by molar-refractivity contribution is 5.49. The average molecular weight is 653 g/mol. The Morgan fingerprint density at radius 3 is 1.33 bits per heavy atom. The van der Waals surface area contributed by atoms with Gasteiger partial charge in [0.2, 0.25) is 29.1 Å². The number of aryl methyl sites for hydroxylation is 1. The van der Waals surface area contributed by atoms with Gasteiger partial charge in [-0.3, -0.25) is 0 Å². The monoisotopic (exact) mass is 652 g/mol. The Hall–Kier alpha value is -3.53. The molecule has 1 fully saturated rings. The standard InChI is InChI=1S/C15H24N2O.C11H16O.C10H9F5O/c1-13(2)12-18-15-6-4-14(5-7-15)17-10-8-16(3)9-11-17;1-9(2)8-12-11-6-4-10(3)5-7-11;1-4(2)3-16-10-8(14)6(12)5(11)7(13)9(10)15/h4-7,13H,8-12H2,1-3H3;4-7,9H,8H2,1-3H3;4H,3H2,1-2H3. The lowest BCUT2D eigenvalue weighted by Crippen LogP contribution is -2.44. The summed E-state index contributed by atoms with van der Waals surface area (Å²) in [6.07, 6.45) is 0. The van der Waals surface area contributed by atoms with E-state index in [-0.39, 0.29) is 12.5 Å². The van der Waals surface area contributed by atoms with Crippen LogP contribution in [0.25, 0.3) is 0 Å². The Morgan fingerprint density at radius 1 is 0.543 bits per heavy atom. The summed E-state index contributed by atoms with van der Waals surface area (Å²) < 4.78 is 79.8. The van der Waals surface area contributed by atoms with Gasteiger partial charge in [0, 0.05) is 31.9 Å². The lowest BCUT2D eigenvalue weighted by atomic mass is 10.2. The fourth-order valence-electron chi connectivity index (χ4n) is 3.94. The van der Waals surface area contributed by atoms with Crippen LogP contribution < -0.4 is 19.1 Å². The average Bonchev–Trinajstić information content (AvgIpc) is 3.02. The van der Waals surface area contributed by atoms with Crippen LogP contribution in [0.3, 0.4) is 0 Å². The molecule has 0 atom stereocenters. The van der Waals surface area contributed by atoms with Crippen molar-refractivity contribution in [2.75, 3.05) is 57.9 Å². The van der Waals surface area contributed by atoms with E-state index >= 15 is 0 Å². The van der Waals surface area contributed by atoms with E-state index in [2.05, 4.69) is 92.6 Å². The molecule has 0 unspecified atom stereocenters. The van der Waals surface area contributed by atoms with Gasteiger partial charge in [0.25, 0.3) is 0 Å². The summed E-state index contributed by atoms with van der Waals surface area (Å²) in [5.74, 6) is -8.32. The van der Waals surface area contributed by atoms with Gasteiger partial charge in [-0.1, -0.05) is 59.2 Å². The van der Waals surface area contributed by atoms with Crippen molar-refractivity contribution in [3.8, 4) is 17.2 Å². The second-order valence-corrected chi connectivity index (χ2v) is 12.6. The van der Waals surface area contributed by atoms with Crippen molar-refractivity contribution in [3.05, 3.63) is 83.2 Å². The van der Waals surface area contributed by atoms with Crippen LogP contribution in [-0.4, -0.2) is 57.9 Å².